The number of rotatable bonds is 10. The third-order valence-electron chi connectivity index (χ3n) is 4.84. The molecule has 1 aromatic heterocycles. The van der Waals surface area contributed by atoms with Crippen LogP contribution >= 0.6 is 11.3 Å². The molecule has 32 heavy (non-hydrogen) atoms. The number of hydrogen-bond donors (Lipinski definition) is 0. The molecule has 1 heterocycles. The molecule has 3 rings (SSSR count). The summed E-state index contributed by atoms with van der Waals surface area (Å²) in [5.74, 6) is 1.99. The minimum absolute atomic E-state index is 0.0634. The van der Waals surface area contributed by atoms with Crippen molar-refractivity contribution in [3.63, 3.8) is 0 Å². The van der Waals surface area contributed by atoms with Gasteiger partial charge in [0.25, 0.3) is 0 Å². The van der Waals surface area contributed by atoms with Crippen molar-refractivity contribution >= 4 is 23.3 Å². The average Bonchev–Trinajstić information content (AvgIpc) is 3.24. The van der Waals surface area contributed by atoms with Gasteiger partial charge in [0.05, 0.1) is 24.9 Å². The van der Waals surface area contributed by atoms with Crippen molar-refractivity contribution in [1.82, 2.24) is 9.88 Å². The molecule has 168 valence electrons. The number of ether oxygens (including phenoxy) is 3. The summed E-state index contributed by atoms with van der Waals surface area (Å²) in [6, 6.07) is 13.3. The number of nitrogens with zero attached hydrogens (tertiary/aromatic N) is 2. The molecule has 2 aromatic carbocycles. The molecule has 0 saturated carbocycles. The van der Waals surface area contributed by atoms with E-state index >= 15 is 0 Å². The van der Waals surface area contributed by atoms with Crippen molar-refractivity contribution in [2.75, 3.05) is 20.8 Å². The smallest absolute Gasteiger partial charge is 0.246 e. The number of benzene rings is 2. The molecule has 0 saturated heterocycles. The zero-order valence-electron chi connectivity index (χ0n) is 18.8. The number of amides is 1. The predicted molar refractivity (Wildman–Crippen MR) is 127 cm³/mol. The monoisotopic (exact) mass is 452 g/mol. The highest BCUT2D eigenvalue weighted by atomic mass is 32.1. The van der Waals surface area contributed by atoms with E-state index in [4.69, 9.17) is 14.2 Å². The van der Waals surface area contributed by atoms with E-state index in [1.807, 2.05) is 61.7 Å². The van der Waals surface area contributed by atoms with Gasteiger partial charge in [-0.25, -0.2) is 4.98 Å². The SMILES string of the molecule is CCN(Cc1ccc(OC)c(OC)c1)C(=O)/C=C/c1cccc(OCc2csc(C)n2)c1. The Kier molecular flexibility index (Phi) is 8.27. The molecule has 7 heteroatoms. The number of carbonyl (C=O) groups is 1. The Morgan fingerprint density at radius 3 is 2.62 bits per heavy atom. The second-order valence-electron chi connectivity index (χ2n) is 7.09. The fourth-order valence-electron chi connectivity index (χ4n) is 3.16. The summed E-state index contributed by atoms with van der Waals surface area (Å²) >= 11 is 1.61. The summed E-state index contributed by atoms with van der Waals surface area (Å²) < 4.78 is 16.5. The Balaban J connectivity index is 1.62. The topological polar surface area (TPSA) is 60.9 Å². The number of thiazole rings is 1. The summed E-state index contributed by atoms with van der Waals surface area (Å²) in [6.07, 6.45) is 3.40. The minimum atomic E-state index is -0.0634. The van der Waals surface area contributed by atoms with E-state index in [1.165, 1.54) is 0 Å². The Morgan fingerprint density at radius 1 is 1.12 bits per heavy atom. The first-order chi connectivity index (χ1) is 15.5. The Hall–Kier alpha value is -3.32. The lowest BCUT2D eigenvalue weighted by Crippen LogP contribution is -2.28. The molecule has 0 aliphatic heterocycles. The molecule has 0 aliphatic carbocycles. The van der Waals surface area contributed by atoms with Crippen molar-refractivity contribution in [2.24, 2.45) is 0 Å². The van der Waals surface area contributed by atoms with Crippen LogP contribution < -0.4 is 14.2 Å². The van der Waals surface area contributed by atoms with Gasteiger partial charge in [0.2, 0.25) is 5.91 Å². The summed E-state index contributed by atoms with van der Waals surface area (Å²) in [5.41, 5.74) is 2.78. The van der Waals surface area contributed by atoms with E-state index in [0.29, 0.717) is 31.2 Å². The van der Waals surface area contributed by atoms with Crippen LogP contribution in [0.1, 0.15) is 28.8 Å². The highest BCUT2D eigenvalue weighted by Gasteiger charge is 2.12. The zero-order chi connectivity index (χ0) is 22.9. The number of aryl methyl sites for hydroxylation is 1. The highest BCUT2D eigenvalue weighted by molar-refractivity contribution is 7.09. The molecule has 0 N–H and O–H groups in total. The molecule has 0 bridgehead atoms. The molecule has 1 amide bonds. The van der Waals surface area contributed by atoms with Gasteiger partial charge in [-0.2, -0.15) is 0 Å². The standard InChI is InChI=1S/C25H28N2O4S/c1-5-27(15-20-9-11-23(29-3)24(14-20)30-4)25(28)12-10-19-7-6-8-22(13-19)31-16-21-17-32-18(2)26-21/h6-14,17H,5,15-16H2,1-4H3/b12-10+. The summed E-state index contributed by atoms with van der Waals surface area (Å²) in [7, 11) is 3.20. The number of methoxy groups -OCH3 is 2. The molecular weight excluding hydrogens is 424 g/mol. The number of carbonyl (C=O) groups excluding carboxylic acids is 1. The van der Waals surface area contributed by atoms with Gasteiger partial charge in [-0.15, -0.1) is 11.3 Å². The zero-order valence-corrected chi connectivity index (χ0v) is 19.6. The van der Waals surface area contributed by atoms with E-state index in [-0.39, 0.29) is 5.91 Å². The van der Waals surface area contributed by atoms with E-state index < -0.39 is 0 Å². The molecule has 0 atom stereocenters. The summed E-state index contributed by atoms with van der Waals surface area (Å²) in [6.45, 7) is 5.43. The first-order valence-corrected chi connectivity index (χ1v) is 11.2. The third kappa shape index (κ3) is 6.34. The largest absolute Gasteiger partial charge is 0.493 e. The first-order valence-electron chi connectivity index (χ1n) is 10.3. The fraction of sp³-hybridized carbons (Fsp3) is 0.280. The molecular formula is C25H28N2O4S. The van der Waals surface area contributed by atoms with E-state index in [2.05, 4.69) is 4.98 Å². The maximum atomic E-state index is 12.8. The van der Waals surface area contributed by atoms with E-state index in [0.717, 1.165) is 27.6 Å². The lowest BCUT2D eigenvalue weighted by molar-refractivity contribution is -0.126. The second-order valence-corrected chi connectivity index (χ2v) is 8.16. The van der Waals surface area contributed by atoms with Crippen molar-refractivity contribution in [2.45, 2.75) is 27.0 Å². The predicted octanol–water partition coefficient (Wildman–Crippen LogP) is 5.11. The van der Waals surface area contributed by atoms with E-state index in [9.17, 15) is 4.79 Å². The van der Waals surface area contributed by atoms with Gasteiger partial charge in [-0.1, -0.05) is 18.2 Å². The molecule has 0 spiro atoms. The number of aromatic nitrogens is 1. The van der Waals surface area contributed by atoms with Crippen molar-refractivity contribution in [3.05, 3.63) is 75.7 Å². The maximum Gasteiger partial charge on any atom is 0.246 e. The van der Waals surface area contributed by atoms with Gasteiger partial charge in [-0.3, -0.25) is 4.79 Å². The van der Waals surface area contributed by atoms with Crippen LogP contribution in [-0.2, 0) is 17.9 Å². The van der Waals surface area contributed by atoms with E-state index in [1.54, 1.807) is 42.6 Å². The van der Waals surface area contributed by atoms with Crippen LogP contribution in [0, 0.1) is 6.92 Å². The third-order valence-corrected chi connectivity index (χ3v) is 5.67. The van der Waals surface area contributed by atoms with Crippen LogP contribution in [-0.4, -0.2) is 36.6 Å². The Bertz CT molecular complexity index is 1080. The molecule has 0 unspecified atom stereocenters. The van der Waals surface area contributed by atoms with Crippen LogP contribution in [0.15, 0.2) is 53.9 Å². The second kappa shape index (κ2) is 11.3. The lowest BCUT2D eigenvalue weighted by Gasteiger charge is -2.20. The highest BCUT2D eigenvalue weighted by Crippen LogP contribution is 2.28. The molecule has 0 radical (unpaired) electrons. The fourth-order valence-corrected chi connectivity index (χ4v) is 3.75. The molecule has 0 fully saturated rings. The molecule has 6 nitrogen and oxygen atoms in total. The van der Waals surface area contributed by atoms with Crippen LogP contribution in [0.5, 0.6) is 17.2 Å². The average molecular weight is 453 g/mol. The van der Waals surface area contributed by atoms with Crippen molar-refractivity contribution in [3.8, 4) is 17.2 Å². The van der Waals surface area contributed by atoms with Gasteiger partial charge in [-0.05, 0) is 55.3 Å². The van der Waals surface area contributed by atoms with Gasteiger partial charge >= 0.3 is 0 Å². The minimum Gasteiger partial charge on any atom is -0.493 e. The van der Waals surface area contributed by atoms with Crippen molar-refractivity contribution < 1.29 is 19.0 Å². The molecule has 3 aromatic rings. The van der Waals surface area contributed by atoms with Crippen LogP contribution in [0.2, 0.25) is 0 Å². The Labute approximate surface area is 193 Å². The maximum absolute atomic E-state index is 12.8. The van der Waals surface area contributed by atoms with Crippen LogP contribution in [0.25, 0.3) is 6.08 Å². The summed E-state index contributed by atoms with van der Waals surface area (Å²) in [5, 5.41) is 3.02. The quantitative estimate of drug-likeness (QED) is 0.400. The normalized spacial score (nSPS) is 10.9. The lowest BCUT2D eigenvalue weighted by atomic mass is 10.1. The summed E-state index contributed by atoms with van der Waals surface area (Å²) in [4.78, 5) is 18.9. The number of hydrogen-bond acceptors (Lipinski definition) is 6. The number of likely N-dealkylation sites (N-methyl/N-ethyl adjacent to an activating group) is 1. The van der Waals surface area contributed by atoms with Gasteiger partial charge in [0.1, 0.15) is 12.4 Å². The van der Waals surface area contributed by atoms with Crippen molar-refractivity contribution in [1.29, 1.82) is 0 Å². The molecule has 0 aliphatic rings. The van der Waals surface area contributed by atoms with Gasteiger partial charge < -0.3 is 19.1 Å². The van der Waals surface area contributed by atoms with Crippen LogP contribution in [0.4, 0.5) is 0 Å². The van der Waals surface area contributed by atoms with Gasteiger partial charge in [0.15, 0.2) is 11.5 Å². The Morgan fingerprint density at radius 2 is 1.94 bits per heavy atom. The first kappa shape index (κ1) is 23.3. The van der Waals surface area contributed by atoms with Gasteiger partial charge in [0, 0.05) is 24.5 Å². The van der Waals surface area contributed by atoms with Crippen LogP contribution in [0.3, 0.4) is 0 Å².